The molecule has 0 fully saturated rings. The molecule has 9 heteroatoms. The van der Waals surface area contributed by atoms with Gasteiger partial charge in [0.15, 0.2) is 11.5 Å². The van der Waals surface area contributed by atoms with E-state index in [-0.39, 0.29) is 10.6 Å². The highest BCUT2D eigenvalue weighted by Gasteiger charge is 2.29. The first-order valence-electron chi connectivity index (χ1n) is 11.7. The summed E-state index contributed by atoms with van der Waals surface area (Å²) in [5.74, 6) is 0.180. The van der Waals surface area contributed by atoms with Gasteiger partial charge < -0.3 is 14.8 Å². The van der Waals surface area contributed by atoms with Crippen LogP contribution in [0.25, 0.3) is 10.8 Å². The van der Waals surface area contributed by atoms with E-state index in [1.807, 2.05) is 24.3 Å². The fourth-order valence-corrected chi connectivity index (χ4v) is 6.27. The highest BCUT2D eigenvalue weighted by Crippen LogP contribution is 2.36. The summed E-state index contributed by atoms with van der Waals surface area (Å²) in [5.41, 5.74) is 3.45. The average molecular weight is 537 g/mol. The second kappa shape index (κ2) is 9.95. The molecule has 190 valence electrons. The Kier molecular flexibility index (Phi) is 6.70. The molecule has 0 unspecified atom stereocenters. The fraction of sp³-hybridized carbons (Fsp3) is 0.179. The number of carbonyl (C=O) groups is 1. The van der Waals surface area contributed by atoms with Crippen LogP contribution in [0.5, 0.6) is 11.5 Å². The summed E-state index contributed by atoms with van der Waals surface area (Å²) in [4.78, 5) is 13.3. The van der Waals surface area contributed by atoms with E-state index in [1.165, 1.54) is 43.5 Å². The third-order valence-electron chi connectivity index (χ3n) is 6.50. The number of amides is 1. The number of nitrogens with zero attached hydrogens (tertiary/aromatic N) is 1. The maximum atomic E-state index is 13.8. The average Bonchev–Trinajstić information content (AvgIpc) is 3.33. The minimum atomic E-state index is -4.16. The molecule has 0 radical (unpaired) electrons. The highest BCUT2D eigenvalue weighted by atomic mass is 35.5. The molecular formula is C28H25ClN2O5S. The molecule has 1 N–H and O–H groups in total. The topological polar surface area (TPSA) is 84.9 Å². The van der Waals surface area contributed by atoms with Gasteiger partial charge >= 0.3 is 0 Å². The van der Waals surface area contributed by atoms with Crippen LogP contribution >= 0.6 is 11.6 Å². The normalized spacial score (nSPS) is 12.4. The molecule has 0 saturated heterocycles. The molecule has 0 bridgehead atoms. The van der Waals surface area contributed by atoms with Crippen LogP contribution in [-0.2, 0) is 27.7 Å². The quantitative estimate of drug-likeness (QED) is 0.324. The number of anilines is 2. The second-order valence-corrected chi connectivity index (χ2v) is 11.0. The Morgan fingerprint density at radius 3 is 2.32 bits per heavy atom. The van der Waals surface area contributed by atoms with Gasteiger partial charge in [-0.05, 0) is 71.8 Å². The van der Waals surface area contributed by atoms with Crippen LogP contribution in [0.3, 0.4) is 0 Å². The van der Waals surface area contributed by atoms with Crippen LogP contribution in [0.1, 0.15) is 11.1 Å². The van der Waals surface area contributed by atoms with Crippen LogP contribution in [0.15, 0.2) is 77.7 Å². The number of halogens is 1. The molecule has 1 amide bonds. The van der Waals surface area contributed by atoms with Crippen molar-refractivity contribution in [2.45, 2.75) is 17.7 Å². The number of aryl methyl sites for hydroxylation is 2. The standard InChI is InChI=1S/C28H25ClN2O5S/c1-35-25-15-13-22(16-26(25)36-2)37(33,34)31(21-11-9-20(29)10-12-21)17-27(32)30-24-14-8-19-7-6-18-4-3-5-23(24)28(18)19/h3-5,8-16H,6-7,17H2,1-2H3,(H,30,32). The van der Waals surface area contributed by atoms with Crippen molar-refractivity contribution in [2.24, 2.45) is 0 Å². The number of hydrogen-bond donors (Lipinski definition) is 1. The summed E-state index contributed by atoms with van der Waals surface area (Å²) in [5, 5.41) is 5.48. The summed E-state index contributed by atoms with van der Waals surface area (Å²) in [6.45, 7) is -0.443. The number of hydrogen-bond acceptors (Lipinski definition) is 5. The molecule has 5 rings (SSSR count). The molecule has 0 heterocycles. The lowest BCUT2D eigenvalue weighted by Gasteiger charge is -2.25. The Balaban J connectivity index is 1.50. The van der Waals surface area contributed by atoms with Gasteiger partial charge in [0.1, 0.15) is 6.54 Å². The molecule has 0 aromatic heterocycles. The van der Waals surface area contributed by atoms with Crippen molar-refractivity contribution in [3.05, 3.63) is 88.9 Å². The fourth-order valence-electron chi connectivity index (χ4n) is 4.70. The lowest BCUT2D eigenvalue weighted by molar-refractivity contribution is -0.114. The van der Waals surface area contributed by atoms with E-state index in [9.17, 15) is 13.2 Å². The zero-order valence-corrected chi connectivity index (χ0v) is 21.9. The smallest absolute Gasteiger partial charge is 0.264 e. The first kappa shape index (κ1) is 24.9. The Bertz CT molecular complexity index is 1590. The van der Waals surface area contributed by atoms with Crippen molar-refractivity contribution < 1.29 is 22.7 Å². The maximum absolute atomic E-state index is 13.8. The van der Waals surface area contributed by atoms with Crippen LogP contribution < -0.4 is 19.1 Å². The van der Waals surface area contributed by atoms with Gasteiger partial charge in [-0.25, -0.2) is 8.42 Å². The predicted molar refractivity (Wildman–Crippen MR) is 146 cm³/mol. The summed E-state index contributed by atoms with van der Waals surface area (Å²) in [6, 6.07) is 20.5. The van der Waals surface area contributed by atoms with Gasteiger partial charge in [-0.1, -0.05) is 35.9 Å². The van der Waals surface area contributed by atoms with Crippen molar-refractivity contribution in [3.8, 4) is 11.5 Å². The van der Waals surface area contributed by atoms with Gasteiger partial charge in [0.05, 0.1) is 24.8 Å². The maximum Gasteiger partial charge on any atom is 0.264 e. The number of methoxy groups -OCH3 is 2. The van der Waals surface area contributed by atoms with Crippen LogP contribution in [0, 0.1) is 0 Å². The summed E-state index contributed by atoms with van der Waals surface area (Å²) in [6.07, 6.45) is 1.94. The van der Waals surface area contributed by atoms with Crippen molar-refractivity contribution >= 4 is 49.7 Å². The second-order valence-electron chi connectivity index (χ2n) is 8.67. The van der Waals surface area contributed by atoms with Crippen LogP contribution in [0.2, 0.25) is 5.02 Å². The van der Waals surface area contributed by atoms with Gasteiger partial charge in [-0.2, -0.15) is 0 Å². The summed E-state index contributed by atoms with van der Waals surface area (Å²) < 4.78 is 39.2. The third-order valence-corrected chi connectivity index (χ3v) is 8.52. The first-order chi connectivity index (χ1) is 17.8. The van der Waals surface area contributed by atoms with E-state index >= 15 is 0 Å². The Morgan fingerprint density at radius 1 is 0.919 bits per heavy atom. The van der Waals surface area contributed by atoms with E-state index < -0.39 is 22.5 Å². The summed E-state index contributed by atoms with van der Waals surface area (Å²) in [7, 11) is -1.27. The number of sulfonamides is 1. The van der Waals surface area contributed by atoms with E-state index in [0.29, 0.717) is 22.1 Å². The number of rotatable bonds is 8. The zero-order chi connectivity index (χ0) is 26.2. The van der Waals surface area contributed by atoms with E-state index in [2.05, 4.69) is 11.4 Å². The highest BCUT2D eigenvalue weighted by molar-refractivity contribution is 7.92. The number of ether oxygens (including phenoxy) is 2. The van der Waals surface area contributed by atoms with Crippen LogP contribution in [0.4, 0.5) is 11.4 Å². The van der Waals surface area contributed by atoms with Crippen molar-refractivity contribution in [1.82, 2.24) is 0 Å². The van der Waals surface area contributed by atoms with Crippen molar-refractivity contribution in [1.29, 1.82) is 0 Å². The largest absolute Gasteiger partial charge is 0.493 e. The van der Waals surface area contributed by atoms with Crippen molar-refractivity contribution in [2.75, 3.05) is 30.4 Å². The lowest BCUT2D eigenvalue weighted by Crippen LogP contribution is -2.38. The minimum Gasteiger partial charge on any atom is -0.493 e. The molecule has 0 spiro atoms. The molecular weight excluding hydrogens is 512 g/mol. The molecule has 0 saturated carbocycles. The molecule has 0 atom stereocenters. The van der Waals surface area contributed by atoms with E-state index in [1.54, 1.807) is 24.3 Å². The van der Waals surface area contributed by atoms with E-state index in [4.69, 9.17) is 21.1 Å². The Morgan fingerprint density at radius 2 is 1.62 bits per heavy atom. The van der Waals surface area contributed by atoms with Gasteiger partial charge in [-0.15, -0.1) is 0 Å². The van der Waals surface area contributed by atoms with Gasteiger partial charge in [-0.3, -0.25) is 9.10 Å². The zero-order valence-electron chi connectivity index (χ0n) is 20.3. The molecule has 4 aromatic carbocycles. The van der Waals surface area contributed by atoms with Crippen LogP contribution in [-0.4, -0.2) is 35.1 Å². The number of nitrogens with one attached hydrogen (secondary N) is 1. The minimum absolute atomic E-state index is 0.0433. The summed E-state index contributed by atoms with van der Waals surface area (Å²) >= 11 is 6.04. The Labute approximate surface area is 220 Å². The first-order valence-corrected chi connectivity index (χ1v) is 13.5. The SMILES string of the molecule is COc1ccc(S(=O)(=O)N(CC(=O)Nc2ccc3c4c(cccc24)CC3)c2ccc(Cl)cc2)cc1OC. The molecule has 1 aliphatic carbocycles. The molecule has 1 aliphatic rings. The Hall–Kier alpha value is -3.75. The molecule has 4 aromatic rings. The molecule has 0 aliphatic heterocycles. The molecule has 7 nitrogen and oxygen atoms in total. The van der Waals surface area contributed by atoms with E-state index in [0.717, 1.165) is 27.9 Å². The monoisotopic (exact) mass is 536 g/mol. The predicted octanol–water partition coefficient (Wildman–Crippen LogP) is 5.44. The number of benzene rings is 4. The lowest BCUT2D eigenvalue weighted by atomic mass is 10.0. The van der Waals surface area contributed by atoms with Gasteiger partial charge in [0, 0.05) is 22.2 Å². The van der Waals surface area contributed by atoms with Gasteiger partial charge in [0.2, 0.25) is 5.91 Å². The third kappa shape index (κ3) is 4.70. The number of carbonyl (C=O) groups excluding carboxylic acids is 1. The van der Waals surface area contributed by atoms with Gasteiger partial charge in [0.25, 0.3) is 10.0 Å². The molecule has 37 heavy (non-hydrogen) atoms. The van der Waals surface area contributed by atoms with Crippen molar-refractivity contribution in [3.63, 3.8) is 0 Å².